The first-order valence-electron chi connectivity index (χ1n) is 6.87. The SMILES string of the molecule is CCNc1cccc(NCCc2ccccn2)c1[N+](=O)[O-]. The molecule has 0 aliphatic carbocycles. The molecule has 0 spiro atoms. The third-order valence-electron chi connectivity index (χ3n) is 3.01. The zero-order valence-corrected chi connectivity index (χ0v) is 11.9. The fourth-order valence-corrected chi connectivity index (χ4v) is 2.09. The summed E-state index contributed by atoms with van der Waals surface area (Å²) in [7, 11) is 0. The zero-order chi connectivity index (χ0) is 15.1. The smallest absolute Gasteiger partial charge is 0.315 e. The third kappa shape index (κ3) is 3.92. The highest BCUT2D eigenvalue weighted by atomic mass is 16.6. The van der Waals surface area contributed by atoms with Crippen LogP contribution in [0.3, 0.4) is 0 Å². The predicted octanol–water partition coefficient (Wildman–Crippen LogP) is 3.08. The van der Waals surface area contributed by atoms with Gasteiger partial charge in [0, 0.05) is 31.4 Å². The van der Waals surface area contributed by atoms with E-state index < -0.39 is 0 Å². The molecule has 0 bridgehead atoms. The van der Waals surface area contributed by atoms with Gasteiger partial charge in [0.05, 0.1) is 4.92 Å². The summed E-state index contributed by atoms with van der Waals surface area (Å²) in [5.74, 6) is 0. The second-order valence-corrected chi connectivity index (χ2v) is 4.49. The van der Waals surface area contributed by atoms with Gasteiger partial charge in [-0.2, -0.15) is 0 Å². The van der Waals surface area contributed by atoms with Crippen molar-refractivity contribution in [2.75, 3.05) is 23.7 Å². The second-order valence-electron chi connectivity index (χ2n) is 4.49. The van der Waals surface area contributed by atoms with E-state index in [2.05, 4.69) is 15.6 Å². The van der Waals surface area contributed by atoms with Crippen LogP contribution in [0.2, 0.25) is 0 Å². The van der Waals surface area contributed by atoms with Crippen molar-refractivity contribution in [3.63, 3.8) is 0 Å². The van der Waals surface area contributed by atoms with E-state index in [1.54, 1.807) is 24.4 Å². The lowest BCUT2D eigenvalue weighted by molar-refractivity contribution is -0.383. The van der Waals surface area contributed by atoms with Crippen molar-refractivity contribution < 1.29 is 4.92 Å². The topological polar surface area (TPSA) is 80.1 Å². The maximum atomic E-state index is 11.3. The highest BCUT2D eigenvalue weighted by Crippen LogP contribution is 2.32. The average Bonchev–Trinajstić information content (AvgIpc) is 2.48. The number of hydrogen-bond donors (Lipinski definition) is 2. The van der Waals surface area contributed by atoms with Crippen molar-refractivity contribution in [2.45, 2.75) is 13.3 Å². The Labute approximate surface area is 123 Å². The predicted molar refractivity (Wildman–Crippen MR) is 83.7 cm³/mol. The molecule has 0 saturated carbocycles. The van der Waals surface area contributed by atoms with Gasteiger partial charge in [-0.15, -0.1) is 0 Å². The van der Waals surface area contributed by atoms with E-state index in [4.69, 9.17) is 0 Å². The summed E-state index contributed by atoms with van der Waals surface area (Å²) >= 11 is 0. The molecular formula is C15H18N4O2. The maximum Gasteiger partial charge on any atom is 0.315 e. The summed E-state index contributed by atoms with van der Waals surface area (Å²) in [6.45, 7) is 3.14. The summed E-state index contributed by atoms with van der Waals surface area (Å²) in [5.41, 5.74) is 2.09. The fraction of sp³-hybridized carbons (Fsp3) is 0.267. The lowest BCUT2D eigenvalue weighted by Crippen LogP contribution is -2.09. The van der Waals surface area contributed by atoms with Crippen LogP contribution >= 0.6 is 0 Å². The first-order chi connectivity index (χ1) is 10.2. The molecule has 2 N–H and O–H groups in total. The number of benzene rings is 1. The van der Waals surface area contributed by atoms with Crippen LogP contribution < -0.4 is 10.6 Å². The molecule has 0 radical (unpaired) electrons. The van der Waals surface area contributed by atoms with Crippen LogP contribution in [-0.4, -0.2) is 23.0 Å². The Morgan fingerprint density at radius 1 is 1.14 bits per heavy atom. The van der Waals surface area contributed by atoms with Crippen LogP contribution in [-0.2, 0) is 6.42 Å². The summed E-state index contributed by atoms with van der Waals surface area (Å²) in [6, 6.07) is 11.0. The normalized spacial score (nSPS) is 10.1. The van der Waals surface area contributed by atoms with Crippen LogP contribution in [0.15, 0.2) is 42.6 Å². The molecular weight excluding hydrogens is 268 g/mol. The number of nitro groups is 1. The van der Waals surface area contributed by atoms with E-state index in [0.29, 0.717) is 30.9 Å². The van der Waals surface area contributed by atoms with Gasteiger partial charge < -0.3 is 10.6 Å². The number of pyridine rings is 1. The minimum atomic E-state index is -0.360. The Balaban J connectivity index is 2.08. The van der Waals surface area contributed by atoms with Crippen LogP contribution in [0.1, 0.15) is 12.6 Å². The van der Waals surface area contributed by atoms with Gasteiger partial charge in [-0.05, 0) is 31.2 Å². The molecule has 0 atom stereocenters. The van der Waals surface area contributed by atoms with E-state index >= 15 is 0 Å². The summed E-state index contributed by atoms with van der Waals surface area (Å²) in [6.07, 6.45) is 2.45. The van der Waals surface area contributed by atoms with Crippen molar-refractivity contribution in [2.24, 2.45) is 0 Å². The number of hydrogen-bond acceptors (Lipinski definition) is 5. The molecule has 0 aliphatic heterocycles. The lowest BCUT2D eigenvalue weighted by atomic mass is 10.2. The number of nitrogens with one attached hydrogen (secondary N) is 2. The first-order valence-corrected chi connectivity index (χ1v) is 6.87. The van der Waals surface area contributed by atoms with Gasteiger partial charge in [-0.25, -0.2) is 0 Å². The molecule has 0 saturated heterocycles. The largest absolute Gasteiger partial charge is 0.380 e. The van der Waals surface area contributed by atoms with Crippen molar-refractivity contribution in [1.29, 1.82) is 0 Å². The first kappa shape index (κ1) is 14.8. The van der Waals surface area contributed by atoms with Crippen molar-refractivity contribution in [1.82, 2.24) is 4.98 Å². The molecule has 6 nitrogen and oxygen atoms in total. The number of para-hydroxylation sites is 1. The third-order valence-corrected chi connectivity index (χ3v) is 3.01. The molecule has 0 unspecified atom stereocenters. The van der Waals surface area contributed by atoms with E-state index in [1.165, 1.54) is 0 Å². The highest BCUT2D eigenvalue weighted by molar-refractivity contribution is 5.76. The zero-order valence-electron chi connectivity index (χ0n) is 11.9. The Morgan fingerprint density at radius 2 is 1.90 bits per heavy atom. The molecule has 1 heterocycles. The highest BCUT2D eigenvalue weighted by Gasteiger charge is 2.18. The Hall–Kier alpha value is -2.63. The van der Waals surface area contributed by atoms with E-state index in [9.17, 15) is 10.1 Å². The van der Waals surface area contributed by atoms with Crippen LogP contribution in [0.25, 0.3) is 0 Å². The number of anilines is 2. The molecule has 6 heteroatoms. The molecule has 0 amide bonds. The molecule has 1 aromatic carbocycles. The minimum Gasteiger partial charge on any atom is -0.380 e. The quantitative estimate of drug-likeness (QED) is 0.604. The second kappa shape index (κ2) is 7.23. The standard InChI is InChI=1S/C15H18N4O2/c1-2-16-13-7-5-8-14(15(13)19(20)21)18-11-9-12-6-3-4-10-17-12/h3-8,10,16,18H,2,9,11H2,1H3. The number of nitro benzene ring substituents is 1. The summed E-state index contributed by atoms with van der Waals surface area (Å²) < 4.78 is 0. The number of aromatic nitrogens is 1. The molecule has 110 valence electrons. The van der Waals surface area contributed by atoms with Crippen LogP contribution in [0.5, 0.6) is 0 Å². The van der Waals surface area contributed by atoms with E-state index in [0.717, 1.165) is 5.69 Å². The molecule has 21 heavy (non-hydrogen) atoms. The van der Waals surface area contributed by atoms with Gasteiger partial charge in [0.2, 0.25) is 0 Å². The van der Waals surface area contributed by atoms with Crippen LogP contribution in [0.4, 0.5) is 17.1 Å². The van der Waals surface area contributed by atoms with Gasteiger partial charge in [0.1, 0.15) is 11.4 Å². The van der Waals surface area contributed by atoms with Gasteiger partial charge in [0.25, 0.3) is 0 Å². The molecule has 0 fully saturated rings. The minimum absolute atomic E-state index is 0.0837. The molecule has 2 rings (SSSR count). The summed E-state index contributed by atoms with van der Waals surface area (Å²) in [5, 5.41) is 17.4. The Morgan fingerprint density at radius 3 is 2.52 bits per heavy atom. The average molecular weight is 286 g/mol. The Bertz CT molecular complexity index is 602. The van der Waals surface area contributed by atoms with Gasteiger partial charge in [-0.1, -0.05) is 12.1 Å². The van der Waals surface area contributed by atoms with Crippen molar-refractivity contribution >= 4 is 17.1 Å². The fourth-order valence-electron chi connectivity index (χ4n) is 2.09. The lowest BCUT2D eigenvalue weighted by Gasteiger charge is -2.10. The molecule has 0 aliphatic rings. The van der Waals surface area contributed by atoms with Crippen LogP contribution in [0, 0.1) is 10.1 Å². The van der Waals surface area contributed by atoms with Crippen molar-refractivity contribution in [3.8, 4) is 0 Å². The van der Waals surface area contributed by atoms with Crippen molar-refractivity contribution in [3.05, 3.63) is 58.4 Å². The van der Waals surface area contributed by atoms with E-state index in [1.807, 2.05) is 25.1 Å². The Kier molecular flexibility index (Phi) is 5.09. The maximum absolute atomic E-state index is 11.3. The summed E-state index contributed by atoms with van der Waals surface area (Å²) in [4.78, 5) is 15.1. The van der Waals surface area contributed by atoms with Gasteiger partial charge in [-0.3, -0.25) is 15.1 Å². The number of nitrogens with zero attached hydrogens (tertiary/aromatic N) is 2. The van der Waals surface area contributed by atoms with Gasteiger partial charge >= 0.3 is 5.69 Å². The number of rotatable bonds is 7. The van der Waals surface area contributed by atoms with Gasteiger partial charge in [0.15, 0.2) is 0 Å². The monoisotopic (exact) mass is 286 g/mol. The molecule has 1 aromatic heterocycles. The molecule has 2 aromatic rings. The van der Waals surface area contributed by atoms with E-state index in [-0.39, 0.29) is 10.6 Å².